The summed E-state index contributed by atoms with van der Waals surface area (Å²) in [5, 5.41) is 25.7. The van der Waals surface area contributed by atoms with Crippen LogP contribution in [0, 0.1) is 0 Å². The maximum Gasteiger partial charge on any atom is 0.432 e. The van der Waals surface area contributed by atoms with Crippen LogP contribution in [0.3, 0.4) is 0 Å². The van der Waals surface area contributed by atoms with Crippen LogP contribution in [-0.4, -0.2) is 49.0 Å². The summed E-state index contributed by atoms with van der Waals surface area (Å²) in [6.07, 6.45) is 5.93. The zero-order chi connectivity index (χ0) is 23.6. The Labute approximate surface area is 190 Å². The smallest absolute Gasteiger partial charge is 0.432 e. The average Bonchev–Trinajstić information content (AvgIpc) is 2.99. The summed E-state index contributed by atoms with van der Waals surface area (Å²) < 4.78 is 12.3. The van der Waals surface area contributed by atoms with Gasteiger partial charge in [-0.25, -0.2) is 0 Å². The number of aryl methyl sites for hydroxylation is 1. The second kappa shape index (κ2) is 12.6. The van der Waals surface area contributed by atoms with E-state index in [0.717, 1.165) is 24.5 Å². The van der Waals surface area contributed by atoms with Crippen LogP contribution in [0.4, 0.5) is 0 Å². The van der Waals surface area contributed by atoms with Gasteiger partial charge in [-0.2, -0.15) is 0 Å². The number of hydrogen-bond acceptors (Lipinski definition) is 6. The van der Waals surface area contributed by atoms with E-state index in [1.807, 2.05) is 19.9 Å². The quantitative estimate of drug-likeness (QED) is 0.319. The first-order valence-electron chi connectivity index (χ1n) is 10.9. The first-order valence-corrected chi connectivity index (χ1v) is 14.7. The van der Waals surface area contributed by atoms with Gasteiger partial charge in [0.15, 0.2) is 13.4 Å². The Balaban J connectivity index is 0.00000263. The molecule has 0 aliphatic rings. The van der Waals surface area contributed by atoms with E-state index in [9.17, 15) is 5.11 Å². The summed E-state index contributed by atoms with van der Waals surface area (Å²) in [7, 11) is -2.34. The largest absolute Gasteiger partial charge is 0.475 e. The van der Waals surface area contributed by atoms with Crippen molar-refractivity contribution in [3.63, 3.8) is 0 Å². The molecule has 1 aromatic heterocycles. The number of unbranched alkanes of at least 4 members (excludes halogenated alkanes) is 3. The van der Waals surface area contributed by atoms with Crippen LogP contribution in [0.15, 0.2) is 12.1 Å². The van der Waals surface area contributed by atoms with Crippen molar-refractivity contribution in [2.75, 3.05) is 6.61 Å². The Morgan fingerprint density at radius 1 is 0.933 bits per heavy atom. The molecule has 176 valence electrons. The van der Waals surface area contributed by atoms with E-state index < -0.39 is 27.2 Å². The van der Waals surface area contributed by atoms with Gasteiger partial charge in [-0.15, -0.1) is 11.3 Å². The van der Waals surface area contributed by atoms with Crippen molar-refractivity contribution in [1.82, 2.24) is 0 Å². The van der Waals surface area contributed by atoms with E-state index >= 15 is 0 Å². The van der Waals surface area contributed by atoms with Crippen LogP contribution in [0.5, 0.6) is 5.06 Å². The maximum atomic E-state index is 10.2. The van der Waals surface area contributed by atoms with Crippen LogP contribution in [-0.2, 0) is 10.8 Å². The van der Waals surface area contributed by atoms with Gasteiger partial charge in [-0.1, -0.05) is 33.6 Å². The minimum absolute atomic E-state index is 0.297. The number of ether oxygens (including phenoxy) is 1. The lowest BCUT2D eigenvalue weighted by atomic mass is 9.90. The molecule has 0 spiro atoms. The zero-order valence-corrected chi connectivity index (χ0v) is 22.5. The molecule has 0 aromatic carbocycles. The van der Waals surface area contributed by atoms with E-state index in [2.05, 4.69) is 39.9 Å². The molecule has 0 radical (unpaired) electrons. The Hall–Kier alpha value is -0.378. The van der Waals surface area contributed by atoms with E-state index in [4.69, 9.17) is 19.2 Å². The Bertz CT molecular complexity index is 591. The molecule has 1 rings (SSSR count). The molecule has 0 saturated heterocycles. The topological polar surface area (TPSA) is 79.2 Å². The fraction of sp³-hybridized carbons (Fsp3) is 0.818. The molecule has 0 aliphatic carbocycles. The standard InChI is InChI=1S/C22H42O3SSi.BH3O2/c1-20(2,3)27(8,9)24-17-13-11-10-12-14-18-15-16-19(26-18)25-22(6,7)21(4,5)23;2-1-3/h15-16,23H,10-14,17H2,1-9H3;1-3H. The Morgan fingerprint density at radius 3 is 1.97 bits per heavy atom. The maximum absolute atomic E-state index is 10.2. The highest BCUT2D eigenvalue weighted by atomic mass is 32.1. The van der Waals surface area contributed by atoms with Crippen LogP contribution in [0.2, 0.25) is 18.1 Å². The molecule has 30 heavy (non-hydrogen) atoms. The SMILES string of the molecule is CC(C)(O)C(C)(C)Oc1ccc(CCCCCCO[Si](C)(C)C(C)(C)C)s1.OBO. The van der Waals surface area contributed by atoms with Crippen molar-refractivity contribution in [3.8, 4) is 5.06 Å². The van der Waals surface area contributed by atoms with Gasteiger partial charge in [-0.05, 0) is 77.2 Å². The number of aliphatic hydroxyl groups is 1. The van der Waals surface area contributed by atoms with Crippen LogP contribution < -0.4 is 4.74 Å². The van der Waals surface area contributed by atoms with Gasteiger partial charge >= 0.3 is 7.69 Å². The average molecular weight is 461 g/mol. The molecule has 0 bridgehead atoms. The lowest BCUT2D eigenvalue weighted by molar-refractivity contribution is -0.0889. The fourth-order valence-corrected chi connectivity index (χ4v) is 4.34. The van der Waals surface area contributed by atoms with E-state index in [0.29, 0.717) is 5.04 Å². The zero-order valence-electron chi connectivity index (χ0n) is 20.7. The molecule has 1 aromatic rings. The van der Waals surface area contributed by atoms with Gasteiger partial charge in [-0.3, -0.25) is 0 Å². The summed E-state index contributed by atoms with van der Waals surface area (Å²) in [5.41, 5.74) is -1.50. The number of rotatable bonds is 11. The highest BCUT2D eigenvalue weighted by Crippen LogP contribution is 2.36. The van der Waals surface area contributed by atoms with Crippen LogP contribution >= 0.6 is 11.3 Å². The molecule has 0 aliphatic heterocycles. The van der Waals surface area contributed by atoms with Crippen molar-refractivity contribution in [3.05, 3.63) is 17.0 Å². The molecule has 0 fully saturated rings. The summed E-state index contributed by atoms with van der Waals surface area (Å²) in [6, 6.07) is 4.18. The van der Waals surface area contributed by atoms with E-state index in [-0.39, 0.29) is 0 Å². The lowest BCUT2D eigenvalue weighted by Crippen LogP contribution is -2.49. The number of hydrogen-bond donors (Lipinski definition) is 3. The van der Waals surface area contributed by atoms with Crippen molar-refractivity contribution in [2.24, 2.45) is 0 Å². The van der Waals surface area contributed by atoms with Gasteiger partial charge < -0.3 is 24.3 Å². The van der Waals surface area contributed by atoms with Gasteiger partial charge in [0.05, 0.1) is 5.60 Å². The van der Waals surface area contributed by atoms with Gasteiger partial charge in [0, 0.05) is 11.5 Å². The molecular weight excluding hydrogens is 415 g/mol. The summed E-state index contributed by atoms with van der Waals surface area (Å²) in [6.45, 7) is 19.9. The van der Waals surface area contributed by atoms with Gasteiger partial charge in [0.25, 0.3) is 0 Å². The first kappa shape index (κ1) is 29.6. The van der Waals surface area contributed by atoms with Crippen molar-refractivity contribution in [2.45, 2.75) is 110 Å². The normalized spacial score (nSPS) is 12.9. The molecule has 8 heteroatoms. The molecule has 5 nitrogen and oxygen atoms in total. The second-order valence-electron chi connectivity index (χ2n) is 10.3. The minimum Gasteiger partial charge on any atom is -0.475 e. The predicted molar refractivity (Wildman–Crippen MR) is 132 cm³/mol. The van der Waals surface area contributed by atoms with Crippen molar-refractivity contribution >= 4 is 27.3 Å². The summed E-state index contributed by atoms with van der Waals surface area (Å²) in [4.78, 5) is 1.36. The van der Waals surface area contributed by atoms with Crippen LogP contribution in [0.25, 0.3) is 0 Å². The predicted octanol–water partition coefficient (Wildman–Crippen LogP) is 5.04. The summed E-state index contributed by atoms with van der Waals surface area (Å²) >= 11 is 1.70. The lowest BCUT2D eigenvalue weighted by Gasteiger charge is -2.36. The summed E-state index contributed by atoms with van der Waals surface area (Å²) in [5.74, 6) is 0. The molecular formula is C22H45BO5SSi. The Morgan fingerprint density at radius 2 is 1.47 bits per heavy atom. The molecule has 0 atom stereocenters. The van der Waals surface area contributed by atoms with Crippen molar-refractivity contribution < 1.29 is 24.3 Å². The van der Waals surface area contributed by atoms with E-state index in [1.54, 1.807) is 25.2 Å². The highest BCUT2D eigenvalue weighted by molar-refractivity contribution is 7.13. The second-order valence-corrected chi connectivity index (χ2v) is 16.2. The molecule has 0 amide bonds. The van der Waals surface area contributed by atoms with Gasteiger partial charge in [0.2, 0.25) is 0 Å². The van der Waals surface area contributed by atoms with E-state index in [1.165, 1.54) is 24.1 Å². The fourth-order valence-electron chi connectivity index (χ4n) is 2.22. The highest BCUT2D eigenvalue weighted by Gasteiger charge is 2.38. The third-order valence-electron chi connectivity index (χ3n) is 6.05. The van der Waals surface area contributed by atoms with Crippen molar-refractivity contribution in [1.29, 1.82) is 0 Å². The third-order valence-corrected chi connectivity index (χ3v) is 11.6. The monoisotopic (exact) mass is 460 g/mol. The molecule has 3 N–H and O–H groups in total. The van der Waals surface area contributed by atoms with Gasteiger partial charge in [0.1, 0.15) is 5.60 Å². The minimum atomic E-state index is -1.59. The molecule has 0 saturated carbocycles. The third kappa shape index (κ3) is 10.8. The molecule has 0 unspecified atom stereocenters. The Kier molecular flexibility index (Phi) is 12.4. The number of thiophene rings is 1. The molecule has 1 heterocycles. The first-order chi connectivity index (χ1) is 13.6. The van der Waals surface area contributed by atoms with Crippen LogP contribution in [0.1, 0.15) is 79.0 Å².